The maximum atomic E-state index is 11.1. The Morgan fingerprint density at radius 2 is 1.89 bits per heavy atom. The second-order valence-corrected chi connectivity index (χ2v) is 3.83. The summed E-state index contributed by atoms with van der Waals surface area (Å²) in [5.74, 6) is -2.75. The largest absolute Gasteiger partial charge is 0.490 e. The first kappa shape index (κ1) is 16.7. The minimum atomic E-state index is -5.08. The number of hydrogen-bond acceptors (Lipinski definition) is 4. The van der Waals surface area contributed by atoms with E-state index in [2.05, 4.69) is 0 Å². The molecule has 0 radical (unpaired) electrons. The minimum absolute atomic E-state index is 0.0690. The summed E-state index contributed by atoms with van der Waals surface area (Å²) in [6.07, 6.45) is -2.41. The van der Waals surface area contributed by atoms with Crippen LogP contribution in [0.4, 0.5) is 13.2 Å². The van der Waals surface area contributed by atoms with Gasteiger partial charge in [-0.3, -0.25) is 4.79 Å². The van der Waals surface area contributed by atoms with Crippen LogP contribution in [0.25, 0.3) is 0 Å². The third kappa shape index (κ3) is 6.43. The van der Waals surface area contributed by atoms with Gasteiger partial charge in [0.1, 0.15) is 0 Å². The molecule has 8 heteroatoms. The first-order valence-electron chi connectivity index (χ1n) is 5.40. The van der Waals surface area contributed by atoms with Gasteiger partial charge in [0, 0.05) is 6.04 Å². The second kappa shape index (κ2) is 7.20. The molecule has 1 saturated carbocycles. The number of nitrogens with two attached hydrogens (primary N) is 1. The number of hydrogen-bond donors (Lipinski definition) is 2. The van der Waals surface area contributed by atoms with Gasteiger partial charge >= 0.3 is 18.1 Å². The van der Waals surface area contributed by atoms with Crippen LogP contribution in [0.5, 0.6) is 0 Å². The predicted octanol–water partition coefficient (Wildman–Crippen LogP) is 1.31. The number of aliphatic carboxylic acids is 1. The molecule has 0 amide bonds. The van der Waals surface area contributed by atoms with Crippen LogP contribution in [-0.2, 0) is 14.3 Å². The standard InChI is InChI=1S/C8H15NO2.C2HF3O2/c1-2-11-8(10)6-3-4-7(9)5-6;3-2(4,5)1(6)7/h6-7H,2-5,9H2,1H3;(H,6,7)/t6-,7+;/m1./s1. The SMILES string of the molecule is CCOC(=O)[C@@H]1CC[C@H](N)C1.O=C(O)C(F)(F)F. The van der Waals surface area contributed by atoms with E-state index >= 15 is 0 Å². The van der Waals surface area contributed by atoms with E-state index in [-0.39, 0.29) is 17.9 Å². The summed E-state index contributed by atoms with van der Waals surface area (Å²) in [5.41, 5.74) is 5.65. The van der Waals surface area contributed by atoms with Crippen molar-refractivity contribution < 1.29 is 32.6 Å². The van der Waals surface area contributed by atoms with E-state index in [0.29, 0.717) is 6.61 Å². The summed E-state index contributed by atoms with van der Waals surface area (Å²) in [5, 5.41) is 7.12. The number of esters is 1. The normalized spacial score (nSPS) is 22.9. The van der Waals surface area contributed by atoms with Crippen LogP contribution in [0.3, 0.4) is 0 Å². The molecule has 0 saturated heterocycles. The third-order valence-electron chi connectivity index (χ3n) is 2.34. The molecule has 0 aromatic rings. The third-order valence-corrected chi connectivity index (χ3v) is 2.34. The van der Waals surface area contributed by atoms with Crippen LogP contribution in [0, 0.1) is 5.92 Å². The molecule has 1 aliphatic carbocycles. The van der Waals surface area contributed by atoms with Gasteiger partial charge in [0.05, 0.1) is 12.5 Å². The van der Waals surface area contributed by atoms with Crippen molar-refractivity contribution in [2.24, 2.45) is 11.7 Å². The van der Waals surface area contributed by atoms with E-state index in [1.807, 2.05) is 6.92 Å². The summed E-state index contributed by atoms with van der Waals surface area (Å²) in [7, 11) is 0. The van der Waals surface area contributed by atoms with Gasteiger partial charge in [0.2, 0.25) is 0 Å². The van der Waals surface area contributed by atoms with Crippen LogP contribution in [0.15, 0.2) is 0 Å². The molecule has 0 spiro atoms. The van der Waals surface area contributed by atoms with E-state index in [1.54, 1.807) is 0 Å². The monoisotopic (exact) mass is 271 g/mol. The summed E-state index contributed by atoms with van der Waals surface area (Å²) in [4.78, 5) is 20.0. The first-order chi connectivity index (χ1) is 8.18. The fraction of sp³-hybridized carbons (Fsp3) is 0.800. The number of halogens is 3. The molecular formula is C10H16F3NO4. The summed E-state index contributed by atoms with van der Waals surface area (Å²) < 4.78 is 36.6. The Labute approximate surface area is 102 Å². The Balaban J connectivity index is 0.000000360. The Morgan fingerprint density at radius 3 is 2.17 bits per heavy atom. The molecule has 5 nitrogen and oxygen atoms in total. The van der Waals surface area contributed by atoms with E-state index in [9.17, 15) is 18.0 Å². The van der Waals surface area contributed by atoms with E-state index in [1.165, 1.54) is 0 Å². The summed E-state index contributed by atoms with van der Waals surface area (Å²) in [6.45, 7) is 2.30. The van der Waals surface area contributed by atoms with Gasteiger partial charge in [-0.1, -0.05) is 0 Å². The molecule has 2 atom stereocenters. The maximum Gasteiger partial charge on any atom is 0.490 e. The van der Waals surface area contributed by atoms with Crippen LogP contribution >= 0.6 is 0 Å². The predicted molar refractivity (Wildman–Crippen MR) is 55.6 cm³/mol. The lowest BCUT2D eigenvalue weighted by atomic mass is 10.1. The zero-order valence-electron chi connectivity index (χ0n) is 9.87. The number of carbonyl (C=O) groups is 2. The quantitative estimate of drug-likeness (QED) is 0.739. The molecule has 3 N–H and O–H groups in total. The Morgan fingerprint density at radius 1 is 1.39 bits per heavy atom. The Bertz CT molecular complexity index is 293. The van der Waals surface area contributed by atoms with Crippen molar-refractivity contribution in [1.82, 2.24) is 0 Å². The summed E-state index contributed by atoms with van der Waals surface area (Å²) >= 11 is 0. The molecule has 1 rings (SSSR count). The number of alkyl halides is 3. The van der Waals surface area contributed by atoms with Gasteiger partial charge in [-0.2, -0.15) is 13.2 Å². The van der Waals surface area contributed by atoms with Crippen molar-refractivity contribution in [3.63, 3.8) is 0 Å². The van der Waals surface area contributed by atoms with Crippen molar-refractivity contribution in [2.75, 3.05) is 6.61 Å². The number of carbonyl (C=O) groups excluding carboxylic acids is 1. The minimum Gasteiger partial charge on any atom is -0.475 e. The topological polar surface area (TPSA) is 89.6 Å². The smallest absolute Gasteiger partial charge is 0.475 e. The van der Waals surface area contributed by atoms with Crippen LogP contribution in [-0.4, -0.2) is 35.9 Å². The van der Waals surface area contributed by atoms with E-state index < -0.39 is 12.1 Å². The molecule has 106 valence electrons. The van der Waals surface area contributed by atoms with Crippen molar-refractivity contribution in [3.05, 3.63) is 0 Å². The van der Waals surface area contributed by atoms with Crippen LogP contribution < -0.4 is 5.73 Å². The molecule has 0 aliphatic heterocycles. The first-order valence-corrected chi connectivity index (χ1v) is 5.40. The highest BCUT2D eigenvalue weighted by Crippen LogP contribution is 2.24. The Hall–Kier alpha value is -1.31. The van der Waals surface area contributed by atoms with Crippen molar-refractivity contribution in [3.8, 4) is 0 Å². The highest BCUT2D eigenvalue weighted by atomic mass is 19.4. The van der Waals surface area contributed by atoms with E-state index in [0.717, 1.165) is 19.3 Å². The average molecular weight is 271 g/mol. The van der Waals surface area contributed by atoms with Gasteiger partial charge in [-0.05, 0) is 26.2 Å². The zero-order valence-corrected chi connectivity index (χ0v) is 9.87. The molecular weight excluding hydrogens is 255 g/mol. The highest BCUT2D eigenvalue weighted by molar-refractivity contribution is 5.73. The maximum absolute atomic E-state index is 11.1. The lowest BCUT2D eigenvalue weighted by molar-refractivity contribution is -0.192. The number of rotatable bonds is 2. The number of carboxylic acids is 1. The number of ether oxygens (including phenoxy) is 1. The molecule has 18 heavy (non-hydrogen) atoms. The molecule has 0 heterocycles. The summed E-state index contributed by atoms with van der Waals surface area (Å²) in [6, 6.07) is 0.212. The zero-order chi connectivity index (χ0) is 14.3. The lowest BCUT2D eigenvalue weighted by Gasteiger charge is -2.07. The fourth-order valence-corrected chi connectivity index (χ4v) is 1.49. The molecule has 0 aromatic carbocycles. The van der Waals surface area contributed by atoms with Gasteiger partial charge < -0.3 is 15.6 Å². The van der Waals surface area contributed by atoms with Crippen molar-refractivity contribution in [1.29, 1.82) is 0 Å². The van der Waals surface area contributed by atoms with Crippen molar-refractivity contribution in [2.45, 2.75) is 38.4 Å². The van der Waals surface area contributed by atoms with Crippen LogP contribution in [0.2, 0.25) is 0 Å². The molecule has 1 fully saturated rings. The molecule has 0 bridgehead atoms. The van der Waals surface area contributed by atoms with Gasteiger partial charge in [-0.15, -0.1) is 0 Å². The number of carboxylic acid groups (broad SMARTS) is 1. The molecule has 0 aromatic heterocycles. The lowest BCUT2D eigenvalue weighted by Crippen LogP contribution is -2.21. The van der Waals surface area contributed by atoms with Gasteiger partial charge in [-0.25, -0.2) is 4.79 Å². The molecule has 0 unspecified atom stereocenters. The van der Waals surface area contributed by atoms with Crippen molar-refractivity contribution >= 4 is 11.9 Å². The second-order valence-electron chi connectivity index (χ2n) is 3.83. The molecule has 1 aliphatic rings. The Kier molecular flexibility index (Phi) is 6.67. The van der Waals surface area contributed by atoms with Gasteiger partial charge in [0.15, 0.2) is 0 Å². The average Bonchev–Trinajstić information content (AvgIpc) is 2.65. The fourth-order valence-electron chi connectivity index (χ4n) is 1.49. The highest BCUT2D eigenvalue weighted by Gasteiger charge is 2.38. The van der Waals surface area contributed by atoms with Crippen LogP contribution in [0.1, 0.15) is 26.2 Å². The van der Waals surface area contributed by atoms with E-state index in [4.69, 9.17) is 20.4 Å². The van der Waals surface area contributed by atoms with Gasteiger partial charge in [0.25, 0.3) is 0 Å².